The molecule has 2 rings (SSSR count). The molecule has 19 heavy (non-hydrogen) atoms. The SMILES string of the molecule is CC1(O)CN(S(=O)(=O)c2ccccc2C(F)(F)F)C1. The maximum absolute atomic E-state index is 12.8. The van der Waals surface area contributed by atoms with E-state index in [1.165, 1.54) is 13.0 Å². The fourth-order valence-corrected chi connectivity index (χ4v) is 3.83. The largest absolute Gasteiger partial charge is 0.417 e. The molecule has 0 bridgehead atoms. The highest BCUT2D eigenvalue weighted by molar-refractivity contribution is 7.89. The zero-order chi connectivity index (χ0) is 14.5. The first-order chi connectivity index (χ1) is 8.54. The van der Waals surface area contributed by atoms with Crippen LogP contribution in [0.5, 0.6) is 0 Å². The third-order valence-electron chi connectivity index (χ3n) is 2.84. The van der Waals surface area contributed by atoms with Crippen molar-refractivity contribution in [3.63, 3.8) is 0 Å². The number of halogens is 3. The van der Waals surface area contributed by atoms with Gasteiger partial charge in [0, 0.05) is 13.1 Å². The molecular formula is C11H12F3NO3S. The van der Waals surface area contributed by atoms with Crippen LogP contribution in [-0.2, 0) is 16.2 Å². The van der Waals surface area contributed by atoms with Gasteiger partial charge in [0.05, 0.1) is 16.1 Å². The lowest BCUT2D eigenvalue weighted by atomic mass is 10.0. The molecule has 106 valence electrons. The van der Waals surface area contributed by atoms with Crippen LogP contribution < -0.4 is 0 Å². The van der Waals surface area contributed by atoms with E-state index in [4.69, 9.17) is 0 Å². The maximum atomic E-state index is 12.8. The lowest BCUT2D eigenvalue weighted by Gasteiger charge is -2.43. The summed E-state index contributed by atoms with van der Waals surface area (Å²) in [7, 11) is -4.23. The van der Waals surface area contributed by atoms with Crippen molar-refractivity contribution in [1.29, 1.82) is 0 Å². The Bertz CT molecular complexity index is 587. The van der Waals surface area contributed by atoms with Crippen molar-refractivity contribution in [2.24, 2.45) is 0 Å². The average Bonchev–Trinajstić information content (AvgIpc) is 2.24. The summed E-state index contributed by atoms with van der Waals surface area (Å²) >= 11 is 0. The van der Waals surface area contributed by atoms with Crippen molar-refractivity contribution >= 4 is 10.0 Å². The van der Waals surface area contributed by atoms with E-state index in [1.54, 1.807) is 0 Å². The zero-order valence-corrected chi connectivity index (χ0v) is 10.8. The highest BCUT2D eigenvalue weighted by Crippen LogP contribution is 2.37. The summed E-state index contributed by atoms with van der Waals surface area (Å²) < 4.78 is 63.4. The molecule has 1 heterocycles. The average molecular weight is 295 g/mol. The van der Waals surface area contributed by atoms with Crippen LogP contribution in [0.15, 0.2) is 29.2 Å². The second-order valence-corrected chi connectivity index (χ2v) is 6.67. The molecule has 0 amide bonds. The Morgan fingerprint density at radius 2 is 1.79 bits per heavy atom. The smallest absolute Gasteiger partial charge is 0.387 e. The fourth-order valence-electron chi connectivity index (χ4n) is 1.95. The van der Waals surface area contributed by atoms with Gasteiger partial charge < -0.3 is 5.11 Å². The van der Waals surface area contributed by atoms with Crippen molar-refractivity contribution < 1.29 is 26.7 Å². The Morgan fingerprint density at radius 1 is 1.26 bits per heavy atom. The first-order valence-corrected chi connectivity index (χ1v) is 6.87. The highest BCUT2D eigenvalue weighted by atomic mass is 32.2. The number of nitrogens with zero attached hydrogens (tertiary/aromatic N) is 1. The van der Waals surface area contributed by atoms with Gasteiger partial charge in [-0.25, -0.2) is 8.42 Å². The maximum Gasteiger partial charge on any atom is 0.417 e. The Balaban J connectivity index is 2.43. The molecule has 1 N–H and O–H groups in total. The van der Waals surface area contributed by atoms with Gasteiger partial charge in [0.2, 0.25) is 10.0 Å². The summed E-state index contributed by atoms with van der Waals surface area (Å²) in [5.41, 5.74) is -2.37. The Morgan fingerprint density at radius 3 is 2.26 bits per heavy atom. The number of benzene rings is 1. The Labute approximate surface area is 108 Å². The van der Waals surface area contributed by atoms with E-state index >= 15 is 0 Å². The summed E-state index contributed by atoms with van der Waals surface area (Å²) in [6.45, 7) is 1.01. The van der Waals surface area contributed by atoms with E-state index in [0.29, 0.717) is 0 Å². The molecule has 1 saturated heterocycles. The van der Waals surface area contributed by atoms with E-state index in [0.717, 1.165) is 22.5 Å². The summed E-state index contributed by atoms with van der Waals surface area (Å²) in [5, 5.41) is 9.49. The molecule has 4 nitrogen and oxygen atoms in total. The number of β-amino-alcohol motifs (C(OH)–C–C–N with tert-alkyl or cyclic N) is 1. The lowest BCUT2D eigenvalue weighted by molar-refractivity contribution is -0.140. The van der Waals surface area contributed by atoms with Crippen molar-refractivity contribution in [3.05, 3.63) is 29.8 Å². The van der Waals surface area contributed by atoms with Crippen molar-refractivity contribution in [2.45, 2.75) is 23.6 Å². The van der Waals surface area contributed by atoms with Crippen LogP contribution in [-0.4, -0.2) is 36.5 Å². The number of rotatable bonds is 2. The molecule has 1 fully saturated rings. The molecule has 1 aromatic carbocycles. The van der Waals surface area contributed by atoms with E-state index in [2.05, 4.69) is 0 Å². The van der Waals surface area contributed by atoms with Gasteiger partial charge in [0.25, 0.3) is 0 Å². The molecule has 0 spiro atoms. The predicted octanol–water partition coefficient (Wildman–Crippen LogP) is 1.46. The van der Waals surface area contributed by atoms with E-state index in [-0.39, 0.29) is 13.1 Å². The van der Waals surface area contributed by atoms with Crippen LogP contribution in [0.3, 0.4) is 0 Å². The molecular weight excluding hydrogens is 283 g/mol. The lowest BCUT2D eigenvalue weighted by Crippen LogP contribution is -2.61. The first-order valence-electron chi connectivity index (χ1n) is 5.43. The van der Waals surface area contributed by atoms with Gasteiger partial charge in [-0.3, -0.25) is 0 Å². The monoisotopic (exact) mass is 295 g/mol. The van der Waals surface area contributed by atoms with Gasteiger partial charge in [-0.2, -0.15) is 17.5 Å². The number of hydrogen-bond acceptors (Lipinski definition) is 3. The quantitative estimate of drug-likeness (QED) is 0.898. The van der Waals surface area contributed by atoms with Gasteiger partial charge in [-0.15, -0.1) is 0 Å². The molecule has 1 aromatic rings. The van der Waals surface area contributed by atoms with Crippen molar-refractivity contribution in [3.8, 4) is 0 Å². The molecule has 1 aliphatic heterocycles. The summed E-state index contributed by atoms with van der Waals surface area (Å²) in [5.74, 6) is 0. The molecule has 8 heteroatoms. The van der Waals surface area contributed by atoms with Crippen molar-refractivity contribution in [2.75, 3.05) is 13.1 Å². The second kappa shape index (κ2) is 4.19. The standard InChI is InChI=1S/C11H12F3NO3S/c1-10(16)6-15(7-10)19(17,18)9-5-3-2-4-8(9)11(12,13)14/h2-5,16H,6-7H2,1H3. The van der Waals surface area contributed by atoms with E-state index in [1.807, 2.05) is 0 Å². The number of sulfonamides is 1. The van der Waals surface area contributed by atoms with Gasteiger partial charge in [-0.1, -0.05) is 12.1 Å². The van der Waals surface area contributed by atoms with Crippen LogP contribution in [0, 0.1) is 0 Å². The molecule has 0 radical (unpaired) electrons. The second-order valence-electron chi connectivity index (χ2n) is 4.76. The number of aliphatic hydroxyl groups is 1. The van der Waals surface area contributed by atoms with Crippen LogP contribution in [0.1, 0.15) is 12.5 Å². The highest BCUT2D eigenvalue weighted by Gasteiger charge is 2.46. The third kappa shape index (κ3) is 2.60. The minimum Gasteiger partial charge on any atom is -0.387 e. The number of alkyl halides is 3. The molecule has 1 aliphatic rings. The van der Waals surface area contributed by atoms with E-state index in [9.17, 15) is 26.7 Å². The Hall–Kier alpha value is -1.12. The summed E-state index contributed by atoms with van der Waals surface area (Å²) in [6, 6.07) is 4.02. The molecule has 0 saturated carbocycles. The normalized spacial score (nSPS) is 20.1. The Kier molecular flexibility index (Phi) is 3.15. The van der Waals surface area contributed by atoms with Crippen LogP contribution >= 0.6 is 0 Å². The zero-order valence-electron chi connectivity index (χ0n) is 9.98. The molecule has 0 unspecified atom stereocenters. The topological polar surface area (TPSA) is 57.6 Å². The first kappa shape index (κ1) is 14.3. The van der Waals surface area contributed by atoms with Gasteiger partial charge in [0.15, 0.2) is 0 Å². The van der Waals surface area contributed by atoms with Gasteiger partial charge in [0.1, 0.15) is 0 Å². The molecule has 0 aliphatic carbocycles. The van der Waals surface area contributed by atoms with E-state index < -0.39 is 32.3 Å². The van der Waals surface area contributed by atoms with Crippen molar-refractivity contribution in [1.82, 2.24) is 4.31 Å². The van der Waals surface area contributed by atoms with Crippen LogP contribution in [0.4, 0.5) is 13.2 Å². The third-order valence-corrected chi connectivity index (χ3v) is 4.69. The van der Waals surface area contributed by atoms with Gasteiger partial charge >= 0.3 is 6.18 Å². The number of hydrogen-bond donors (Lipinski definition) is 1. The minimum atomic E-state index is -4.74. The predicted molar refractivity (Wildman–Crippen MR) is 60.8 cm³/mol. The summed E-state index contributed by atoms with van der Waals surface area (Å²) in [4.78, 5) is -0.780. The summed E-state index contributed by atoms with van der Waals surface area (Å²) in [6.07, 6.45) is -4.74. The van der Waals surface area contributed by atoms with Gasteiger partial charge in [-0.05, 0) is 19.1 Å². The molecule has 0 atom stereocenters. The fraction of sp³-hybridized carbons (Fsp3) is 0.455. The van der Waals surface area contributed by atoms with Crippen LogP contribution in [0.2, 0.25) is 0 Å². The minimum absolute atomic E-state index is 0.207. The molecule has 0 aromatic heterocycles. The van der Waals surface area contributed by atoms with Crippen LogP contribution in [0.25, 0.3) is 0 Å².